The number of thiophene rings is 1. The van der Waals surface area contributed by atoms with Gasteiger partial charge in [-0.05, 0) is 24.8 Å². The second kappa shape index (κ2) is 6.32. The lowest BCUT2D eigenvalue weighted by molar-refractivity contribution is -0.122. The van der Waals surface area contributed by atoms with Crippen LogP contribution in [0.15, 0.2) is 0 Å². The van der Waals surface area contributed by atoms with E-state index in [-0.39, 0.29) is 6.42 Å². The summed E-state index contributed by atoms with van der Waals surface area (Å²) in [7, 11) is 1.30. The predicted molar refractivity (Wildman–Crippen MR) is 85.8 cm³/mol. The Morgan fingerprint density at radius 3 is 2.78 bits per heavy atom. The van der Waals surface area contributed by atoms with Gasteiger partial charge in [-0.25, -0.2) is 4.79 Å². The Balaban J connectivity index is 1.75. The Morgan fingerprint density at radius 2 is 2.13 bits per heavy atom. The highest BCUT2D eigenvalue weighted by atomic mass is 32.2. The van der Waals surface area contributed by atoms with Crippen LogP contribution in [-0.4, -0.2) is 35.4 Å². The van der Waals surface area contributed by atoms with Crippen LogP contribution in [-0.2, 0) is 27.2 Å². The topological polar surface area (TPSA) is 102 Å². The second-order valence-corrected chi connectivity index (χ2v) is 7.47. The van der Waals surface area contributed by atoms with Crippen molar-refractivity contribution in [3.05, 3.63) is 16.0 Å². The number of thioether (sulfide) groups is 1. The summed E-state index contributed by atoms with van der Waals surface area (Å²) in [5.74, 6) is -1.34. The Kier molecular flexibility index (Phi) is 4.40. The highest BCUT2D eigenvalue weighted by Crippen LogP contribution is 2.39. The predicted octanol–water partition coefficient (Wildman–Crippen LogP) is 1.70. The number of ether oxygens (including phenoxy) is 1. The van der Waals surface area contributed by atoms with Crippen LogP contribution in [0.25, 0.3) is 0 Å². The molecule has 1 aromatic rings. The van der Waals surface area contributed by atoms with Crippen LogP contribution >= 0.6 is 23.1 Å². The molecule has 1 aromatic heterocycles. The summed E-state index contributed by atoms with van der Waals surface area (Å²) < 4.78 is 4.81. The molecule has 0 spiro atoms. The molecular formula is C14H14N2O5S2. The van der Waals surface area contributed by atoms with Crippen molar-refractivity contribution in [2.24, 2.45) is 0 Å². The zero-order chi connectivity index (χ0) is 16.6. The molecule has 2 heterocycles. The molecule has 1 atom stereocenters. The normalized spacial score (nSPS) is 19.4. The monoisotopic (exact) mass is 354 g/mol. The second-order valence-electron chi connectivity index (χ2n) is 5.19. The van der Waals surface area contributed by atoms with Crippen molar-refractivity contribution in [2.45, 2.75) is 30.9 Å². The number of methoxy groups -OCH3 is 1. The van der Waals surface area contributed by atoms with E-state index < -0.39 is 28.3 Å². The highest BCUT2D eigenvalue weighted by molar-refractivity contribution is 8.15. The molecule has 0 radical (unpaired) electrons. The molecule has 1 aliphatic carbocycles. The van der Waals surface area contributed by atoms with Crippen LogP contribution in [0.5, 0.6) is 0 Å². The summed E-state index contributed by atoms with van der Waals surface area (Å²) in [4.78, 5) is 47.9. The summed E-state index contributed by atoms with van der Waals surface area (Å²) in [6.45, 7) is 0. The minimum Gasteiger partial charge on any atom is -0.465 e. The molecule has 1 saturated heterocycles. The number of hydrogen-bond acceptors (Lipinski definition) is 7. The van der Waals surface area contributed by atoms with Crippen LogP contribution < -0.4 is 10.6 Å². The van der Waals surface area contributed by atoms with E-state index in [1.807, 2.05) is 0 Å². The first-order valence-corrected chi connectivity index (χ1v) is 8.73. The molecule has 0 bridgehead atoms. The Labute approximate surface area is 140 Å². The molecule has 1 aliphatic heterocycles. The number of imide groups is 1. The molecule has 2 aliphatic rings. The summed E-state index contributed by atoms with van der Waals surface area (Å²) in [5, 5.41) is 4.12. The van der Waals surface area contributed by atoms with Crippen molar-refractivity contribution in [3.8, 4) is 0 Å². The summed E-state index contributed by atoms with van der Waals surface area (Å²) >= 11 is 2.18. The zero-order valence-electron chi connectivity index (χ0n) is 12.3. The van der Waals surface area contributed by atoms with Gasteiger partial charge >= 0.3 is 5.97 Å². The van der Waals surface area contributed by atoms with Gasteiger partial charge in [-0.15, -0.1) is 11.3 Å². The number of amides is 3. The van der Waals surface area contributed by atoms with Gasteiger partial charge < -0.3 is 10.1 Å². The standard InChI is InChI=1S/C14H14N2O5S2/c1-21-13(19)10-6-3-2-4-7(6)22-12(10)15-9(17)5-8-11(18)16-14(20)23-8/h8H,2-5H2,1H3,(H,15,17)(H,16,18,20). The molecule has 1 unspecified atom stereocenters. The van der Waals surface area contributed by atoms with Gasteiger partial charge in [0.25, 0.3) is 5.24 Å². The zero-order valence-corrected chi connectivity index (χ0v) is 13.9. The molecule has 1 fully saturated rings. The van der Waals surface area contributed by atoms with Gasteiger partial charge in [0.2, 0.25) is 11.8 Å². The molecule has 0 aromatic carbocycles. The van der Waals surface area contributed by atoms with Crippen LogP contribution in [0.2, 0.25) is 0 Å². The fourth-order valence-electron chi connectivity index (χ4n) is 2.68. The maximum absolute atomic E-state index is 12.1. The Bertz CT molecular complexity index is 712. The first kappa shape index (κ1) is 16.0. The van der Waals surface area contributed by atoms with Gasteiger partial charge in [-0.3, -0.25) is 19.7 Å². The molecular weight excluding hydrogens is 340 g/mol. The third-order valence-electron chi connectivity index (χ3n) is 3.70. The number of esters is 1. The number of nitrogens with one attached hydrogen (secondary N) is 2. The summed E-state index contributed by atoms with van der Waals surface area (Å²) in [6.07, 6.45) is 2.54. The fraction of sp³-hybridized carbons (Fsp3) is 0.429. The van der Waals surface area contributed by atoms with E-state index >= 15 is 0 Å². The summed E-state index contributed by atoms with van der Waals surface area (Å²) in [6, 6.07) is 0. The number of fused-ring (bicyclic) bond motifs is 1. The minimum absolute atomic E-state index is 0.120. The third kappa shape index (κ3) is 3.11. The van der Waals surface area contributed by atoms with E-state index in [0.717, 1.165) is 41.5 Å². The SMILES string of the molecule is COC(=O)c1c(NC(=O)CC2SC(=O)NC2=O)sc2c1CCC2. The largest absolute Gasteiger partial charge is 0.465 e. The average Bonchev–Trinajstić information content (AvgIpc) is 3.13. The molecule has 9 heteroatoms. The molecule has 7 nitrogen and oxygen atoms in total. The highest BCUT2D eigenvalue weighted by Gasteiger charge is 2.34. The van der Waals surface area contributed by atoms with Crippen LogP contribution in [0.3, 0.4) is 0 Å². The first-order chi connectivity index (χ1) is 11.0. The molecule has 2 N–H and O–H groups in total. The lowest BCUT2D eigenvalue weighted by Gasteiger charge is -2.08. The van der Waals surface area contributed by atoms with Crippen molar-refractivity contribution in [2.75, 3.05) is 12.4 Å². The number of carbonyl (C=O) groups excluding carboxylic acids is 4. The molecule has 23 heavy (non-hydrogen) atoms. The van der Waals surface area contributed by atoms with Crippen molar-refractivity contribution in [1.29, 1.82) is 0 Å². The minimum atomic E-state index is -0.726. The molecule has 122 valence electrons. The van der Waals surface area contributed by atoms with Crippen molar-refractivity contribution >= 4 is 51.1 Å². The maximum Gasteiger partial charge on any atom is 0.341 e. The van der Waals surface area contributed by atoms with E-state index in [4.69, 9.17) is 4.74 Å². The summed E-state index contributed by atoms with van der Waals surface area (Å²) in [5.41, 5.74) is 1.36. The van der Waals surface area contributed by atoms with E-state index in [9.17, 15) is 19.2 Å². The molecule has 3 rings (SSSR count). The fourth-order valence-corrected chi connectivity index (χ4v) is 4.80. The Morgan fingerprint density at radius 1 is 1.35 bits per heavy atom. The maximum atomic E-state index is 12.1. The van der Waals surface area contributed by atoms with Gasteiger partial charge in [0.1, 0.15) is 10.3 Å². The number of aryl methyl sites for hydroxylation is 1. The number of hydrogen-bond donors (Lipinski definition) is 2. The van der Waals surface area contributed by atoms with E-state index in [2.05, 4.69) is 10.6 Å². The third-order valence-corrected chi connectivity index (χ3v) is 5.89. The lowest BCUT2D eigenvalue weighted by Crippen LogP contribution is -2.27. The van der Waals surface area contributed by atoms with Gasteiger partial charge in [0, 0.05) is 11.3 Å². The smallest absolute Gasteiger partial charge is 0.341 e. The van der Waals surface area contributed by atoms with Gasteiger partial charge in [-0.1, -0.05) is 11.8 Å². The van der Waals surface area contributed by atoms with E-state index in [1.165, 1.54) is 18.4 Å². The lowest BCUT2D eigenvalue weighted by atomic mass is 10.1. The molecule has 0 saturated carbocycles. The molecule has 3 amide bonds. The number of carbonyl (C=O) groups is 4. The van der Waals surface area contributed by atoms with Crippen molar-refractivity contribution in [1.82, 2.24) is 5.32 Å². The quantitative estimate of drug-likeness (QED) is 0.798. The number of anilines is 1. The average molecular weight is 354 g/mol. The van der Waals surface area contributed by atoms with E-state index in [1.54, 1.807) is 0 Å². The van der Waals surface area contributed by atoms with Crippen molar-refractivity contribution < 1.29 is 23.9 Å². The first-order valence-electron chi connectivity index (χ1n) is 7.03. The van der Waals surface area contributed by atoms with Gasteiger partial charge in [0.15, 0.2) is 0 Å². The van der Waals surface area contributed by atoms with Crippen LogP contribution in [0, 0.1) is 0 Å². The Hall–Kier alpha value is -1.87. The van der Waals surface area contributed by atoms with Crippen LogP contribution in [0.1, 0.15) is 33.6 Å². The van der Waals surface area contributed by atoms with Crippen molar-refractivity contribution in [3.63, 3.8) is 0 Å². The number of rotatable bonds is 4. The van der Waals surface area contributed by atoms with Gasteiger partial charge in [0.05, 0.1) is 12.7 Å². The van der Waals surface area contributed by atoms with E-state index in [0.29, 0.717) is 10.6 Å². The van der Waals surface area contributed by atoms with Crippen LogP contribution in [0.4, 0.5) is 9.80 Å². The van der Waals surface area contributed by atoms with Gasteiger partial charge in [-0.2, -0.15) is 0 Å².